The van der Waals surface area contributed by atoms with E-state index in [9.17, 15) is 18.4 Å². The Morgan fingerprint density at radius 3 is 2.68 bits per heavy atom. The molecule has 3 rings (SSSR count). The molecule has 1 aliphatic rings. The topological polar surface area (TPSA) is 62.0 Å². The summed E-state index contributed by atoms with van der Waals surface area (Å²) in [6.07, 6.45) is 4.57. The van der Waals surface area contributed by atoms with Gasteiger partial charge in [-0.15, -0.1) is 0 Å². The number of rotatable bonds is 4. The van der Waals surface area contributed by atoms with Crippen molar-refractivity contribution in [2.75, 3.05) is 6.54 Å². The number of halogens is 2. The molecule has 25 heavy (non-hydrogen) atoms. The van der Waals surface area contributed by atoms with E-state index >= 15 is 0 Å². The lowest BCUT2D eigenvalue weighted by molar-refractivity contribution is 0.0941. The van der Waals surface area contributed by atoms with Gasteiger partial charge >= 0.3 is 0 Å². The standard InChI is InChI=1S/C19H20F2N2O2/c1-12-9-16(24)22-10-13(12)18(25)23-11-19(7-2-3-8-19)14-5-4-6-15(20)17(14)21/h4-6,9-10H,2-3,7-8,11H2,1H3,(H,22,24)(H,23,25). The van der Waals surface area contributed by atoms with E-state index in [2.05, 4.69) is 10.3 Å². The molecule has 1 aliphatic carbocycles. The van der Waals surface area contributed by atoms with Crippen LogP contribution in [0.1, 0.15) is 47.2 Å². The largest absolute Gasteiger partial charge is 0.351 e. The van der Waals surface area contributed by atoms with Crippen molar-refractivity contribution in [1.82, 2.24) is 10.3 Å². The van der Waals surface area contributed by atoms with Gasteiger partial charge in [0.1, 0.15) is 0 Å². The molecular formula is C19H20F2N2O2. The van der Waals surface area contributed by atoms with Gasteiger partial charge in [-0.2, -0.15) is 0 Å². The minimum absolute atomic E-state index is 0.227. The summed E-state index contributed by atoms with van der Waals surface area (Å²) < 4.78 is 28.0. The number of hydrogen-bond acceptors (Lipinski definition) is 2. The van der Waals surface area contributed by atoms with E-state index in [0.717, 1.165) is 18.9 Å². The second-order valence-corrected chi connectivity index (χ2v) is 6.67. The molecule has 1 fully saturated rings. The molecule has 1 aromatic carbocycles. The van der Waals surface area contributed by atoms with Crippen LogP contribution in [0.5, 0.6) is 0 Å². The smallest absolute Gasteiger partial charge is 0.253 e. The molecule has 0 saturated heterocycles. The molecule has 0 bridgehead atoms. The van der Waals surface area contributed by atoms with Gasteiger partial charge in [-0.3, -0.25) is 9.59 Å². The van der Waals surface area contributed by atoms with Crippen LogP contribution in [0.3, 0.4) is 0 Å². The van der Waals surface area contributed by atoms with E-state index in [1.165, 1.54) is 18.3 Å². The fourth-order valence-corrected chi connectivity index (χ4v) is 3.67. The molecule has 2 N–H and O–H groups in total. The third-order valence-electron chi connectivity index (χ3n) is 5.05. The number of H-pyrrole nitrogens is 1. The lowest BCUT2D eigenvalue weighted by Crippen LogP contribution is -2.40. The number of amides is 1. The maximum atomic E-state index is 14.3. The zero-order valence-electron chi connectivity index (χ0n) is 14.0. The van der Waals surface area contributed by atoms with Crippen molar-refractivity contribution >= 4 is 5.91 Å². The first-order chi connectivity index (χ1) is 11.9. The average Bonchev–Trinajstić information content (AvgIpc) is 3.05. The van der Waals surface area contributed by atoms with Gasteiger partial charge in [0.05, 0.1) is 5.56 Å². The molecule has 1 aromatic heterocycles. The Kier molecular flexibility index (Phi) is 4.70. The van der Waals surface area contributed by atoms with Gasteiger partial charge in [0, 0.05) is 24.2 Å². The van der Waals surface area contributed by atoms with Gasteiger partial charge in [0.15, 0.2) is 11.6 Å². The van der Waals surface area contributed by atoms with E-state index < -0.39 is 17.0 Å². The van der Waals surface area contributed by atoms with Crippen LogP contribution in [0.4, 0.5) is 8.78 Å². The number of carbonyl (C=O) groups excluding carboxylic acids is 1. The molecule has 0 aliphatic heterocycles. The summed E-state index contributed by atoms with van der Waals surface area (Å²) >= 11 is 0. The van der Waals surface area contributed by atoms with Crippen molar-refractivity contribution in [3.05, 3.63) is 69.1 Å². The van der Waals surface area contributed by atoms with Crippen molar-refractivity contribution in [2.45, 2.75) is 38.0 Å². The van der Waals surface area contributed by atoms with E-state index in [4.69, 9.17) is 0 Å². The number of nitrogens with one attached hydrogen (secondary N) is 2. The first kappa shape index (κ1) is 17.3. The first-order valence-electron chi connectivity index (χ1n) is 8.35. The third kappa shape index (κ3) is 3.34. The molecule has 132 valence electrons. The number of carbonyl (C=O) groups is 1. The Labute approximate surface area is 144 Å². The zero-order valence-corrected chi connectivity index (χ0v) is 14.0. The van der Waals surface area contributed by atoms with Gasteiger partial charge in [0.2, 0.25) is 5.56 Å². The highest BCUT2D eigenvalue weighted by atomic mass is 19.2. The highest BCUT2D eigenvalue weighted by molar-refractivity contribution is 5.95. The van der Waals surface area contributed by atoms with E-state index in [-0.39, 0.29) is 18.0 Å². The first-order valence-corrected chi connectivity index (χ1v) is 8.35. The summed E-state index contributed by atoms with van der Waals surface area (Å²) in [5.41, 5.74) is 0.385. The van der Waals surface area contributed by atoms with Crippen molar-refractivity contribution < 1.29 is 13.6 Å². The summed E-state index contributed by atoms with van der Waals surface area (Å²) in [6, 6.07) is 5.55. The maximum Gasteiger partial charge on any atom is 0.253 e. The predicted octanol–water partition coefficient (Wildman–Crippen LogP) is 3.20. The van der Waals surface area contributed by atoms with Gasteiger partial charge in [-0.25, -0.2) is 8.78 Å². The second-order valence-electron chi connectivity index (χ2n) is 6.67. The molecule has 6 heteroatoms. The van der Waals surface area contributed by atoms with Crippen LogP contribution in [0, 0.1) is 18.6 Å². The van der Waals surface area contributed by atoms with Crippen LogP contribution in [0.25, 0.3) is 0 Å². The predicted molar refractivity (Wildman–Crippen MR) is 90.6 cm³/mol. The quantitative estimate of drug-likeness (QED) is 0.893. The highest BCUT2D eigenvalue weighted by Gasteiger charge is 2.38. The van der Waals surface area contributed by atoms with Crippen LogP contribution in [-0.2, 0) is 5.41 Å². The molecule has 1 saturated carbocycles. The third-order valence-corrected chi connectivity index (χ3v) is 5.05. The Hall–Kier alpha value is -2.50. The van der Waals surface area contributed by atoms with Crippen LogP contribution in [0.15, 0.2) is 35.3 Å². The Bertz CT molecular complexity index is 855. The number of pyridine rings is 1. The van der Waals surface area contributed by atoms with Gasteiger partial charge < -0.3 is 10.3 Å². The second kappa shape index (κ2) is 6.78. The summed E-state index contributed by atoms with van der Waals surface area (Å²) in [5.74, 6) is -2.04. The van der Waals surface area contributed by atoms with Crippen molar-refractivity contribution in [3.63, 3.8) is 0 Å². The number of benzene rings is 1. The maximum absolute atomic E-state index is 14.3. The Morgan fingerprint density at radius 1 is 1.28 bits per heavy atom. The normalized spacial score (nSPS) is 16.0. The van der Waals surface area contributed by atoms with Gasteiger partial charge in [-0.1, -0.05) is 25.0 Å². The van der Waals surface area contributed by atoms with Crippen LogP contribution >= 0.6 is 0 Å². The van der Waals surface area contributed by atoms with E-state index in [0.29, 0.717) is 29.5 Å². The SMILES string of the molecule is Cc1cc(=O)[nH]cc1C(=O)NCC1(c2cccc(F)c2F)CCCC1. The van der Waals surface area contributed by atoms with Crippen LogP contribution in [0.2, 0.25) is 0 Å². The average molecular weight is 346 g/mol. The molecule has 1 heterocycles. The molecule has 1 amide bonds. The molecule has 4 nitrogen and oxygen atoms in total. The number of aryl methyl sites for hydroxylation is 1. The Balaban J connectivity index is 1.84. The van der Waals surface area contributed by atoms with Crippen molar-refractivity contribution in [2.24, 2.45) is 0 Å². The lowest BCUT2D eigenvalue weighted by Gasteiger charge is -2.30. The summed E-state index contributed by atoms with van der Waals surface area (Å²) in [7, 11) is 0. The molecule has 0 spiro atoms. The van der Waals surface area contributed by atoms with E-state index in [1.807, 2.05) is 0 Å². The molecule has 0 radical (unpaired) electrons. The van der Waals surface area contributed by atoms with Gasteiger partial charge in [0.25, 0.3) is 5.91 Å². The van der Waals surface area contributed by atoms with Gasteiger partial charge in [-0.05, 0) is 37.0 Å². The van der Waals surface area contributed by atoms with Crippen molar-refractivity contribution in [1.29, 1.82) is 0 Å². The summed E-state index contributed by atoms with van der Waals surface area (Å²) in [6.45, 7) is 1.91. The molecule has 0 unspecified atom stereocenters. The number of hydrogen-bond donors (Lipinski definition) is 2. The van der Waals surface area contributed by atoms with Crippen LogP contribution < -0.4 is 10.9 Å². The minimum Gasteiger partial charge on any atom is -0.351 e. The summed E-state index contributed by atoms with van der Waals surface area (Å²) in [5, 5.41) is 2.84. The fourth-order valence-electron chi connectivity index (χ4n) is 3.67. The zero-order chi connectivity index (χ0) is 18.0. The highest BCUT2D eigenvalue weighted by Crippen LogP contribution is 2.42. The summed E-state index contributed by atoms with van der Waals surface area (Å²) in [4.78, 5) is 26.2. The van der Waals surface area contributed by atoms with Crippen molar-refractivity contribution in [3.8, 4) is 0 Å². The lowest BCUT2D eigenvalue weighted by atomic mass is 9.78. The monoisotopic (exact) mass is 346 g/mol. The Morgan fingerprint density at radius 2 is 2.00 bits per heavy atom. The minimum atomic E-state index is -0.869. The number of aromatic nitrogens is 1. The number of aromatic amines is 1. The van der Waals surface area contributed by atoms with E-state index in [1.54, 1.807) is 13.0 Å². The van der Waals surface area contributed by atoms with Crippen LogP contribution in [-0.4, -0.2) is 17.4 Å². The fraction of sp³-hybridized carbons (Fsp3) is 0.368. The molecule has 0 atom stereocenters. The molecular weight excluding hydrogens is 326 g/mol. The molecule has 2 aromatic rings.